The number of hydrogen-bond donors (Lipinski definition) is 1. The summed E-state index contributed by atoms with van der Waals surface area (Å²) in [5.74, 6) is 0. The molecule has 0 aliphatic carbocycles. The van der Waals surface area contributed by atoms with E-state index in [1.54, 1.807) is 6.92 Å². The molecule has 0 unspecified atom stereocenters. The predicted octanol–water partition coefficient (Wildman–Crippen LogP) is 1.45. The molecule has 1 N–H and O–H groups in total. The van der Waals surface area contributed by atoms with Crippen molar-refractivity contribution in [2.24, 2.45) is 0 Å². The number of nitrogens with zero attached hydrogens (tertiary/aromatic N) is 1. The Hall–Kier alpha value is -2.10. The molecule has 1 aromatic heterocycles. The Bertz CT molecular complexity index is 660. The maximum Gasteiger partial charge on any atom is 0.333 e. The number of H-pyrrole nitrogens is 1. The van der Waals surface area contributed by atoms with Crippen LogP contribution in [-0.4, -0.2) is 9.55 Å². The van der Waals surface area contributed by atoms with Crippen LogP contribution in [0.1, 0.15) is 16.8 Å². The van der Waals surface area contributed by atoms with E-state index in [1.165, 1.54) is 10.6 Å². The zero-order valence-electron chi connectivity index (χ0n) is 10.1. The normalized spacial score (nSPS) is 10.5. The summed E-state index contributed by atoms with van der Waals surface area (Å²) in [4.78, 5) is 25.4. The Morgan fingerprint density at radius 3 is 2.18 bits per heavy atom. The molecule has 1 heterocycles. The Labute approximate surface area is 98.6 Å². The van der Waals surface area contributed by atoms with Crippen molar-refractivity contribution >= 4 is 0 Å². The van der Waals surface area contributed by atoms with Crippen LogP contribution in [0, 0.1) is 20.8 Å². The summed E-state index contributed by atoms with van der Waals surface area (Å²) < 4.78 is 1.53. The lowest BCUT2D eigenvalue weighted by Crippen LogP contribution is -2.30. The highest BCUT2D eigenvalue weighted by molar-refractivity contribution is 5.47. The van der Waals surface area contributed by atoms with E-state index < -0.39 is 5.69 Å². The van der Waals surface area contributed by atoms with Crippen LogP contribution < -0.4 is 11.2 Å². The third-order valence-electron chi connectivity index (χ3n) is 2.79. The van der Waals surface area contributed by atoms with Gasteiger partial charge in [0, 0.05) is 11.8 Å². The minimum Gasteiger partial charge on any atom is -0.274 e. The molecule has 17 heavy (non-hydrogen) atoms. The molecule has 2 aromatic rings. The van der Waals surface area contributed by atoms with Gasteiger partial charge in [0.2, 0.25) is 0 Å². The van der Waals surface area contributed by atoms with Crippen LogP contribution in [-0.2, 0) is 0 Å². The van der Waals surface area contributed by atoms with E-state index in [-0.39, 0.29) is 5.56 Å². The van der Waals surface area contributed by atoms with Crippen molar-refractivity contribution in [3.05, 3.63) is 61.9 Å². The van der Waals surface area contributed by atoms with E-state index in [4.69, 9.17) is 0 Å². The fourth-order valence-corrected chi connectivity index (χ4v) is 2.05. The molecular weight excluding hydrogens is 216 g/mol. The first-order valence-electron chi connectivity index (χ1n) is 5.40. The van der Waals surface area contributed by atoms with E-state index in [1.807, 2.05) is 32.0 Å². The number of aromatic nitrogens is 2. The molecule has 2 rings (SSSR count). The first-order valence-corrected chi connectivity index (χ1v) is 5.40. The van der Waals surface area contributed by atoms with Crippen LogP contribution in [0.2, 0.25) is 0 Å². The van der Waals surface area contributed by atoms with E-state index in [0.717, 1.165) is 16.8 Å². The van der Waals surface area contributed by atoms with Crippen molar-refractivity contribution in [2.75, 3.05) is 0 Å². The SMILES string of the molecule is Cc1cccc(C)c1-n1c(C)cc(=O)[nH]c1=O. The zero-order valence-corrected chi connectivity index (χ0v) is 10.1. The summed E-state index contributed by atoms with van der Waals surface area (Å²) in [6.07, 6.45) is 0. The number of aryl methyl sites for hydroxylation is 3. The van der Waals surface area contributed by atoms with Crippen LogP contribution >= 0.6 is 0 Å². The van der Waals surface area contributed by atoms with Crippen LogP contribution in [0.3, 0.4) is 0 Å². The second-order valence-corrected chi connectivity index (χ2v) is 4.16. The van der Waals surface area contributed by atoms with Gasteiger partial charge >= 0.3 is 5.69 Å². The van der Waals surface area contributed by atoms with Crippen molar-refractivity contribution in [1.82, 2.24) is 9.55 Å². The molecule has 0 spiro atoms. The van der Waals surface area contributed by atoms with Crippen LogP contribution in [0.15, 0.2) is 33.9 Å². The Balaban J connectivity index is 2.87. The smallest absolute Gasteiger partial charge is 0.274 e. The predicted molar refractivity (Wildman–Crippen MR) is 66.9 cm³/mol. The molecular formula is C13H14N2O2. The summed E-state index contributed by atoms with van der Waals surface area (Å²) >= 11 is 0. The first-order chi connectivity index (χ1) is 8.00. The summed E-state index contributed by atoms with van der Waals surface area (Å²) in [5, 5.41) is 0. The fraction of sp³-hybridized carbons (Fsp3) is 0.231. The molecule has 0 fully saturated rings. The van der Waals surface area contributed by atoms with E-state index in [0.29, 0.717) is 5.69 Å². The molecule has 1 aromatic carbocycles. The Morgan fingerprint density at radius 1 is 1.06 bits per heavy atom. The fourth-order valence-electron chi connectivity index (χ4n) is 2.05. The maximum atomic E-state index is 11.9. The second kappa shape index (κ2) is 4.05. The number of nitrogens with one attached hydrogen (secondary N) is 1. The quantitative estimate of drug-likeness (QED) is 0.806. The summed E-state index contributed by atoms with van der Waals surface area (Å²) in [7, 11) is 0. The van der Waals surface area contributed by atoms with E-state index in [2.05, 4.69) is 4.98 Å². The van der Waals surface area contributed by atoms with Gasteiger partial charge in [-0.3, -0.25) is 14.3 Å². The van der Waals surface area contributed by atoms with E-state index >= 15 is 0 Å². The average molecular weight is 230 g/mol. The maximum absolute atomic E-state index is 11.9. The lowest BCUT2D eigenvalue weighted by Gasteiger charge is -2.14. The molecule has 0 radical (unpaired) electrons. The highest BCUT2D eigenvalue weighted by Crippen LogP contribution is 2.17. The number of para-hydroxylation sites is 1. The van der Waals surface area contributed by atoms with Gasteiger partial charge in [0.1, 0.15) is 0 Å². The van der Waals surface area contributed by atoms with Gasteiger partial charge in [0.05, 0.1) is 5.69 Å². The van der Waals surface area contributed by atoms with Crippen molar-refractivity contribution in [1.29, 1.82) is 0 Å². The summed E-state index contributed by atoms with van der Waals surface area (Å²) in [6, 6.07) is 7.26. The summed E-state index contributed by atoms with van der Waals surface area (Å²) in [5.41, 5.74) is 2.72. The molecule has 0 saturated heterocycles. The third-order valence-corrected chi connectivity index (χ3v) is 2.79. The topological polar surface area (TPSA) is 54.9 Å². The molecule has 0 atom stereocenters. The van der Waals surface area contributed by atoms with Crippen molar-refractivity contribution in [2.45, 2.75) is 20.8 Å². The standard InChI is InChI=1S/C13H14N2O2/c1-8-5-4-6-9(2)12(8)15-10(3)7-11(16)14-13(15)17/h4-7H,1-3H3,(H,14,16,17). The highest BCUT2D eigenvalue weighted by atomic mass is 16.2. The van der Waals surface area contributed by atoms with Gasteiger partial charge in [-0.15, -0.1) is 0 Å². The van der Waals surface area contributed by atoms with Gasteiger partial charge in [-0.1, -0.05) is 18.2 Å². The van der Waals surface area contributed by atoms with Gasteiger partial charge in [0.25, 0.3) is 5.56 Å². The number of hydrogen-bond acceptors (Lipinski definition) is 2. The largest absolute Gasteiger partial charge is 0.333 e. The van der Waals surface area contributed by atoms with Crippen molar-refractivity contribution in [3.8, 4) is 5.69 Å². The second-order valence-electron chi connectivity index (χ2n) is 4.16. The highest BCUT2D eigenvalue weighted by Gasteiger charge is 2.09. The van der Waals surface area contributed by atoms with Crippen LogP contribution in [0.25, 0.3) is 5.69 Å². The number of benzene rings is 1. The van der Waals surface area contributed by atoms with Crippen molar-refractivity contribution < 1.29 is 0 Å². The molecule has 0 amide bonds. The van der Waals surface area contributed by atoms with Gasteiger partial charge in [-0.05, 0) is 31.9 Å². The van der Waals surface area contributed by atoms with Crippen molar-refractivity contribution in [3.63, 3.8) is 0 Å². The van der Waals surface area contributed by atoms with Crippen LogP contribution in [0.5, 0.6) is 0 Å². The Morgan fingerprint density at radius 2 is 1.65 bits per heavy atom. The molecule has 0 aliphatic rings. The summed E-state index contributed by atoms with van der Waals surface area (Å²) in [6.45, 7) is 5.64. The minimum atomic E-state index is -0.396. The zero-order chi connectivity index (χ0) is 12.6. The minimum absolute atomic E-state index is 0.366. The first kappa shape index (κ1) is 11.4. The van der Waals surface area contributed by atoms with Gasteiger partial charge < -0.3 is 0 Å². The molecule has 0 bridgehead atoms. The van der Waals surface area contributed by atoms with E-state index in [9.17, 15) is 9.59 Å². The number of rotatable bonds is 1. The molecule has 0 saturated carbocycles. The average Bonchev–Trinajstić information content (AvgIpc) is 2.21. The molecule has 4 heteroatoms. The molecule has 0 aliphatic heterocycles. The van der Waals surface area contributed by atoms with Crippen LogP contribution in [0.4, 0.5) is 0 Å². The molecule has 88 valence electrons. The Kier molecular flexibility index (Phi) is 2.71. The monoisotopic (exact) mass is 230 g/mol. The molecule has 4 nitrogen and oxygen atoms in total. The van der Waals surface area contributed by atoms with Gasteiger partial charge in [0.15, 0.2) is 0 Å². The van der Waals surface area contributed by atoms with Gasteiger partial charge in [-0.25, -0.2) is 4.79 Å². The third kappa shape index (κ3) is 1.93. The number of aromatic amines is 1. The lowest BCUT2D eigenvalue weighted by atomic mass is 10.1. The van der Waals surface area contributed by atoms with Gasteiger partial charge in [-0.2, -0.15) is 0 Å². The lowest BCUT2D eigenvalue weighted by molar-refractivity contribution is 0.845.